The number of benzene rings is 1. The minimum Gasteiger partial charge on any atom is -0.334 e. The minimum absolute atomic E-state index is 0. The Labute approximate surface area is 146 Å². The molecule has 23 heavy (non-hydrogen) atoms. The number of hydrogen-bond donors (Lipinski definition) is 1. The Morgan fingerprint density at radius 3 is 2.39 bits per heavy atom. The predicted molar refractivity (Wildman–Crippen MR) is 96.7 cm³/mol. The summed E-state index contributed by atoms with van der Waals surface area (Å²) in [5, 5.41) is 3.36. The maximum absolute atomic E-state index is 12.7. The molecule has 4 heteroatoms. The highest BCUT2D eigenvalue weighted by molar-refractivity contribution is 5.85. The van der Waals surface area contributed by atoms with E-state index in [0.717, 1.165) is 19.0 Å². The van der Waals surface area contributed by atoms with Gasteiger partial charge in [-0.3, -0.25) is 4.79 Å². The van der Waals surface area contributed by atoms with Crippen LogP contribution in [0, 0.1) is 5.92 Å². The van der Waals surface area contributed by atoms with Crippen LogP contribution in [0.1, 0.15) is 50.5 Å². The van der Waals surface area contributed by atoms with Gasteiger partial charge in [-0.15, -0.1) is 12.4 Å². The zero-order chi connectivity index (χ0) is 15.2. The number of amides is 1. The molecule has 0 heterocycles. The smallest absolute Gasteiger partial charge is 0.237 e. The van der Waals surface area contributed by atoms with Crippen LogP contribution in [0.3, 0.4) is 0 Å². The van der Waals surface area contributed by atoms with Gasteiger partial charge in [0.15, 0.2) is 0 Å². The van der Waals surface area contributed by atoms with Crippen LogP contribution >= 0.6 is 12.4 Å². The van der Waals surface area contributed by atoms with Crippen molar-refractivity contribution >= 4 is 18.3 Å². The van der Waals surface area contributed by atoms with Crippen LogP contribution < -0.4 is 5.32 Å². The molecule has 0 atom stereocenters. The Balaban J connectivity index is 0.00000192. The molecule has 1 aromatic carbocycles. The van der Waals surface area contributed by atoms with Crippen LogP contribution in [-0.4, -0.2) is 29.9 Å². The topological polar surface area (TPSA) is 32.3 Å². The molecule has 0 spiro atoms. The first-order valence-electron chi connectivity index (χ1n) is 8.87. The summed E-state index contributed by atoms with van der Waals surface area (Å²) in [6.07, 6.45) is 8.85. The van der Waals surface area contributed by atoms with E-state index in [9.17, 15) is 4.79 Å². The normalized spacial score (nSPS) is 18.3. The lowest BCUT2D eigenvalue weighted by Crippen LogP contribution is -2.45. The van der Waals surface area contributed by atoms with Gasteiger partial charge < -0.3 is 10.2 Å². The van der Waals surface area contributed by atoms with Crippen LogP contribution in [0.2, 0.25) is 0 Å². The summed E-state index contributed by atoms with van der Waals surface area (Å²) in [6, 6.07) is 10.8. The SMILES string of the molecule is Cl.O=C(CNCC1CC1)N(Cc1ccccc1)C1CCCCC1. The van der Waals surface area contributed by atoms with Crippen molar-refractivity contribution in [1.82, 2.24) is 10.2 Å². The third kappa shape index (κ3) is 5.82. The summed E-state index contributed by atoms with van der Waals surface area (Å²) >= 11 is 0. The molecule has 3 rings (SSSR count). The van der Waals surface area contributed by atoms with E-state index in [2.05, 4.69) is 34.5 Å². The first-order chi connectivity index (χ1) is 10.8. The highest BCUT2D eigenvalue weighted by Gasteiger charge is 2.26. The Hall–Kier alpha value is -1.06. The van der Waals surface area contributed by atoms with Crippen molar-refractivity contribution in [1.29, 1.82) is 0 Å². The first kappa shape index (κ1) is 18.3. The second kappa shape index (κ2) is 9.29. The van der Waals surface area contributed by atoms with Gasteiger partial charge in [-0.2, -0.15) is 0 Å². The number of nitrogens with one attached hydrogen (secondary N) is 1. The van der Waals surface area contributed by atoms with Crippen molar-refractivity contribution in [3.63, 3.8) is 0 Å². The van der Waals surface area contributed by atoms with Gasteiger partial charge >= 0.3 is 0 Å². The summed E-state index contributed by atoms with van der Waals surface area (Å²) in [5.41, 5.74) is 1.24. The van der Waals surface area contributed by atoms with Gasteiger partial charge in [-0.25, -0.2) is 0 Å². The third-order valence-electron chi connectivity index (χ3n) is 4.94. The van der Waals surface area contributed by atoms with Crippen molar-refractivity contribution < 1.29 is 4.79 Å². The maximum atomic E-state index is 12.7. The molecule has 2 saturated carbocycles. The quantitative estimate of drug-likeness (QED) is 0.822. The van der Waals surface area contributed by atoms with Crippen molar-refractivity contribution in [2.24, 2.45) is 5.92 Å². The predicted octanol–water partition coefficient (Wildman–Crippen LogP) is 3.77. The standard InChI is InChI=1S/C19H28N2O.ClH/c22-19(14-20-13-16-11-12-16)21(18-9-5-2-6-10-18)15-17-7-3-1-4-8-17;/h1,3-4,7-8,16,18,20H,2,5-6,9-15H2;1H. The summed E-state index contributed by atoms with van der Waals surface area (Å²) < 4.78 is 0. The number of carbonyl (C=O) groups excluding carboxylic acids is 1. The van der Waals surface area contributed by atoms with E-state index in [4.69, 9.17) is 0 Å². The van der Waals surface area contributed by atoms with Gasteiger partial charge in [0, 0.05) is 12.6 Å². The van der Waals surface area contributed by atoms with E-state index in [1.54, 1.807) is 0 Å². The number of halogens is 1. The molecule has 128 valence electrons. The van der Waals surface area contributed by atoms with E-state index < -0.39 is 0 Å². The summed E-state index contributed by atoms with van der Waals surface area (Å²) in [6.45, 7) is 2.27. The van der Waals surface area contributed by atoms with Gasteiger partial charge in [0.1, 0.15) is 0 Å². The van der Waals surface area contributed by atoms with Crippen molar-refractivity contribution in [2.45, 2.75) is 57.5 Å². The lowest BCUT2D eigenvalue weighted by molar-refractivity contribution is -0.134. The molecule has 0 aliphatic heterocycles. The molecule has 3 nitrogen and oxygen atoms in total. The van der Waals surface area contributed by atoms with Crippen LogP contribution in [0.25, 0.3) is 0 Å². The molecular formula is C19H29ClN2O. The van der Waals surface area contributed by atoms with Crippen molar-refractivity contribution in [3.05, 3.63) is 35.9 Å². The summed E-state index contributed by atoms with van der Waals surface area (Å²) in [5.74, 6) is 1.10. The Morgan fingerprint density at radius 1 is 1.04 bits per heavy atom. The van der Waals surface area contributed by atoms with Crippen LogP contribution in [0.4, 0.5) is 0 Å². The summed E-state index contributed by atoms with van der Waals surface area (Å²) in [7, 11) is 0. The Kier molecular flexibility index (Phi) is 7.38. The largest absolute Gasteiger partial charge is 0.334 e. The van der Waals surface area contributed by atoms with Gasteiger partial charge in [-0.05, 0) is 43.7 Å². The molecule has 2 fully saturated rings. The van der Waals surface area contributed by atoms with Crippen molar-refractivity contribution in [3.8, 4) is 0 Å². The fraction of sp³-hybridized carbons (Fsp3) is 0.632. The average molecular weight is 337 g/mol. The minimum atomic E-state index is 0. The second-order valence-corrected chi connectivity index (χ2v) is 6.87. The molecule has 0 bridgehead atoms. The number of nitrogens with zero attached hydrogens (tertiary/aromatic N) is 1. The molecule has 0 unspecified atom stereocenters. The molecule has 0 aromatic heterocycles. The van der Waals surface area contributed by atoms with E-state index in [0.29, 0.717) is 12.6 Å². The number of carbonyl (C=O) groups is 1. The van der Waals surface area contributed by atoms with Gasteiger partial charge in [0.2, 0.25) is 5.91 Å². The molecule has 0 saturated heterocycles. The van der Waals surface area contributed by atoms with E-state index in [1.807, 2.05) is 6.07 Å². The molecule has 0 radical (unpaired) electrons. The highest BCUT2D eigenvalue weighted by Crippen LogP contribution is 2.27. The average Bonchev–Trinajstić information content (AvgIpc) is 3.38. The zero-order valence-corrected chi connectivity index (χ0v) is 14.7. The van der Waals surface area contributed by atoms with Gasteiger partial charge in [-0.1, -0.05) is 49.6 Å². The maximum Gasteiger partial charge on any atom is 0.237 e. The van der Waals surface area contributed by atoms with E-state index >= 15 is 0 Å². The van der Waals surface area contributed by atoms with Crippen LogP contribution in [-0.2, 0) is 11.3 Å². The lowest BCUT2D eigenvalue weighted by Gasteiger charge is -2.34. The van der Waals surface area contributed by atoms with E-state index in [-0.39, 0.29) is 18.3 Å². The molecule has 2 aliphatic carbocycles. The Bertz CT molecular complexity index is 470. The lowest BCUT2D eigenvalue weighted by atomic mass is 9.93. The fourth-order valence-corrected chi connectivity index (χ4v) is 3.40. The molecule has 1 aromatic rings. The molecular weight excluding hydrogens is 308 g/mol. The van der Waals surface area contributed by atoms with Crippen molar-refractivity contribution in [2.75, 3.05) is 13.1 Å². The van der Waals surface area contributed by atoms with Gasteiger partial charge in [0.05, 0.1) is 6.54 Å². The molecule has 1 amide bonds. The fourth-order valence-electron chi connectivity index (χ4n) is 3.40. The van der Waals surface area contributed by atoms with Crippen LogP contribution in [0.5, 0.6) is 0 Å². The first-order valence-corrected chi connectivity index (χ1v) is 8.87. The Morgan fingerprint density at radius 2 is 1.74 bits per heavy atom. The molecule has 1 N–H and O–H groups in total. The second-order valence-electron chi connectivity index (χ2n) is 6.87. The monoisotopic (exact) mass is 336 g/mol. The highest BCUT2D eigenvalue weighted by atomic mass is 35.5. The number of rotatable bonds is 7. The van der Waals surface area contributed by atoms with E-state index in [1.165, 1.54) is 50.5 Å². The third-order valence-corrected chi connectivity index (χ3v) is 4.94. The number of hydrogen-bond acceptors (Lipinski definition) is 2. The molecule has 2 aliphatic rings. The zero-order valence-electron chi connectivity index (χ0n) is 13.9. The van der Waals surface area contributed by atoms with Crippen LogP contribution in [0.15, 0.2) is 30.3 Å². The summed E-state index contributed by atoms with van der Waals surface area (Å²) in [4.78, 5) is 14.8. The van der Waals surface area contributed by atoms with Gasteiger partial charge in [0.25, 0.3) is 0 Å².